The molecular weight excluding hydrogens is 184 g/mol. The SMILES string of the molecule is CC1COCOC1.CCC1COCO1. The fraction of sp³-hybridized carbons (Fsp3) is 1.00. The minimum absolute atomic E-state index is 0.375. The van der Waals surface area contributed by atoms with Gasteiger partial charge >= 0.3 is 0 Å². The van der Waals surface area contributed by atoms with E-state index in [-0.39, 0.29) is 0 Å². The average molecular weight is 204 g/mol. The number of hydrogen-bond acceptors (Lipinski definition) is 4. The quantitative estimate of drug-likeness (QED) is 0.647. The zero-order valence-electron chi connectivity index (χ0n) is 9.03. The van der Waals surface area contributed by atoms with E-state index < -0.39 is 0 Å². The molecule has 2 saturated heterocycles. The van der Waals surface area contributed by atoms with E-state index >= 15 is 0 Å². The van der Waals surface area contributed by atoms with Crippen molar-refractivity contribution in [3.05, 3.63) is 0 Å². The van der Waals surface area contributed by atoms with E-state index in [1.165, 1.54) is 0 Å². The Morgan fingerprint density at radius 3 is 1.93 bits per heavy atom. The molecule has 0 aromatic heterocycles. The maximum absolute atomic E-state index is 5.08. The first-order valence-electron chi connectivity index (χ1n) is 5.17. The van der Waals surface area contributed by atoms with E-state index in [1.54, 1.807) is 0 Å². The average Bonchev–Trinajstić information content (AvgIpc) is 2.72. The first kappa shape index (κ1) is 11.9. The first-order valence-corrected chi connectivity index (χ1v) is 5.17. The minimum atomic E-state index is 0.375. The van der Waals surface area contributed by atoms with Crippen molar-refractivity contribution in [2.24, 2.45) is 5.92 Å². The Morgan fingerprint density at radius 1 is 1.00 bits per heavy atom. The van der Waals surface area contributed by atoms with Crippen LogP contribution >= 0.6 is 0 Å². The predicted molar refractivity (Wildman–Crippen MR) is 51.9 cm³/mol. The molecule has 1 atom stereocenters. The van der Waals surface area contributed by atoms with Gasteiger partial charge in [0.25, 0.3) is 0 Å². The minimum Gasteiger partial charge on any atom is -0.355 e. The summed E-state index contributed by atoms with van der Waals surface area (Å²) in [5, 5.41) is 0. The molecule has 0 aliphatic carbocycles. The summed E-state index contributed by atoms with van der Waals surface area (Å²) in [6.45, 7) is 7.71. The molecule has 14 heavy (non-hydrogen) atoms. The van der Waals surface area contributed by atoms with Gasteiger partial charge in [-0.25, -0.2) is 0 Å². The smallest absolute Gasteiger partial charge is 0.147 e. The van der Waals surface area contributed by atoms with Crippen LogP contribution in [0.3, 0.4) is 0 Å². The molecule has 0 aromatic carbocycles. The van der Waals surface area contributed by atoms with Gasteiger partial charge in [-0.15, -0.1) is 0 Å². The number of rotatable bonds is 1. The van der Waals surface area contributed by atoms with E-state index in [9.17, 15) is 0 Å². The molecule has 4 nitrogen and oxygen atoms in total. The van der Waals surface area contributed by atoms with E-state index in [0.717, 1.165) is 26.2 Å². The lowest BCUT2D eigenvalue weighted by atomic mass is 10.2. The largest absolute Gasteiger partial charge is 0.355 e. The Kier molecular flexibility index (Phi) is 6.10. The second-order valence-corrected chi connectivity index (χ2v) is 3.65. The molecule has 2 aliphatic rings. The Balaban J connectivity index is 0.000000140. The van der Waals surface area contributed by atoms with Crippen LogP contribution in [-0.4, -0.2) is 39.5 Å². The number of hydrogen-bond donors (Lipinski definition) is 0. The molecule has 2 fully saturated rings. The van der Waals surface area contributed by atoms with Crippen LogP contribution < -0.4 is 0 Å². The van der Waals surface area contributed by atoms with Crippen LogP contribution in [0.15, 0.2) is 0 Å². The highest BCUT2D eigenvalue weighted by atomic mass is 16.7. The highest BCUT2D eigenvalue weighted by Crippen LogP contribution is 2.04. The van der Waals surface area contributed by atoms with Crippen LogP contribution in [0.5, 0.6) is 0 Å². The molecule has 84 valence electrons. The molecular formula is C10H20O4. The summed E-state index contributed by atoms with van der Waals surface area (Å²) in [5.74, 6) is 0.591. The lowest BCUT2D eigenvalue weighted by molar-refractivity contribution is -0.121. The normalized spacial score (nSPS) is 28.3. The topological polar surface area (TPSA) is 36.9 Å². The van der Waals surface area contributed by atoms with Gasteiger partial charge in [-0.05, 0) is 6.42 Å². The highest BCUT2D eigenvalue weighted by Gasteiger charge is 2.11. The van der Waals surface area contributed by atoms with Gasteiger partial charge in [0.1, 0.15) is 13.6 Å². The van der Waals surface area contributed by atoms with E-state index in [2.05, 4.69) is 13.8 Å². The van der Waals surface area contributed by atoms with Crippen molar-refractivity contribution in [1.29, 1.82) is 0 Å². The predicted octanol–water partition coefficient (Wildman–Crippen LogP) is 1.40. The van der Waals surface area contributed by atoms with Gasteiger partial charge in [-0.3, -0.25) is 0 Å². The van der Waals surface area contributed by atoms with Crippen molar-refractivity contribution in [3.8, 4) is 0 Å². The van der Waals surface area contributed by atoms with Crippen molar-refractivity contribution >= 4 is 0 Å². The first-order chi connectivity index (χ1) is 6.83. The zero-order valence-corrected chi connectivity index (χ0v) is 9.03. The van der Waals surface area contributed by atoms with Crippen LogP contribution in [0.1, 0.15) is 20.3 Å². The third-order valence-electron chi connectivity index (χ3n) is 2.12. The molecule has 0 spiro atoms. The molecule has 2 rings (SSSR count). The van der Waals surface area contributed by atoms with E-state index in [0.29, 0.717) is 25.6 Å². The summed E-state index contributed by atoms with van der Waals surface area (Å²) in [5.41, 5.74) is 0. The molecule has 4 heteroatoms. The van der Waals surface area contributed by atoms with Gasteiger partial charge in [0.2, 0.25) is 0 Å². The van der Waals surface area contributed by atoms with Crippen LogP contribution in [0, 0.1) is 5.92 Å². The monoisotopic (exact) mass is 204 g/mol. The molecule has 0 radical (unpaired) electrons. The van der Waals surface area contributed by atoms with E-state index in [4.69, 9.17) is 18.9 Å². The third kappa shape index (κ3) is 4.91. The molecule has 0 bridgehead atoms. The van der Waals surface area contributed by atoms with Gasteiger partial charge in [0.05, 0.1) is 25.9 Å². The Labute approximate surface area is 85.5 Å². The van der Waals surface area contributed by atoms with Crippen LogP contribution in [0.25, 0.3) is 0 Å². The molecule has 0 amide bonds. The summed E-state index contributed by atoms with van der Waals surface area (Å²) in [6.07, 6.45) is 1.44. The van der Waals surface area contributed by atoms with Gasteiger partial charge in [-0.2, -0.15) is 0 Å². The van der Waals surface area contributed by atoms with E-state index in [1.807, 2.05) is 0 Å². The van der Waals surface area contributed by atoms with Gasteiger partial charge in [0.15, 0.2) is 0 Å². The summed E-state index contributed by atoms with van der Waals surface area (Å²) in [4.78, 5) is 0. The molecule has 0 saturated carbocycles. The van der Waals surface area contributed by atoms with Gasteiger partial charge < -0.3 is 18.9 Å². The van der Waals surface area contributed by atoms with Crippen LogP contribution in [0.4, 0.5) is 0 Å². The number of ether oxygens (including phenoxy) is 4. The summed E-state index contributed by atoms with van der Waals surface area (Å²) < 4.78 is 19.9. The fourth-order valence-electron chi connectivity index (χ4n) is 1.21. The van der Waals surface area contributed by atoms with Crippen molar-refractivity contribution < 1.29 is 18.9 Å². The highest BCUT2D eigenvalue weighted by molar-refractivity contribution is 4.54. The van der Waals surface area contributed by atoms with Gasteiger partial charge in [-0.1, -0.05) is 13.8 Å². The Morgan fingerprint density at radius 2 is 1.64 bits per heavy atom. The van der Waals surface area contributed by atoms with Crippen molar-refractivity contribution in [3.63, 3.8) is 0 Å². The standard InChI is InChI=1S/2C5H10O2/c1-5-2-6-4-7-3-5;1-2-5-3-6-4-7-5/h2*5H,2-4H2,1H3. The second-order valence-electron chi connectivity index (χ2n) is 3.65. The fourth-order valence-corrected chi connectivity index (χ4v) is 1.21. The van der Waals surface area contributed by atoms with Crippen molar-refractivity contribution in [2.75, 3.05) is 33.4 Å². The summed E-state index contributed by atoms with van der Waals surface area (Å²) >= 11 is 0. The second kappa shape index (κ2) is 7.17. The molecule has 1 unspecified atom stereocenters. The maximum atomic E-state index is 5.08. The van der Waals surface area contributed by atoms with Crippen molar-refractivity contribution in [2.45, 2.75) is 26.4 Å². The van der Waals surface area contributed by atoms with Crippen LogP contribution in [0.2, 0.25) is 0 Å². The van der Waals surface area contributed by atoms with Crippen LogP contribution in [-0.2, 0) is 18.9 Å². The molecule has 2 aliphatic heterocycles. The maximum Gasteiger partial charge on any atom is 0.147 e. The summed E-state index contributed by atoms with van der Waals surface area (Å²) in [6, 6.07) is 0. The molecule has 0 aromatic rings. The molecule has 2 heterocycles. The lowest BCUT2D eigenvalue weighted by Gasteiger charge is -2.17. The third-order valence-corrected chi connectivity index (χ3v) is 2.12. The van der Waals surface area contributed by atoms with Crippen molar-refractivity contribution in [1.82, 2.24) is 0 Å². The summed E-state index contributed by atoms with van der Waals surface area (Å²) in [7, 11) is 0. The lowest BCUT2D eigenvalue weighted by Crippen LogP contribution is -2.20. The Bertz CT molecular complexity index is 128. The molecule has 0 N–H and O–H groups in total. The van der Waals surface area contributed by atoms with Gasteiger partial charge in [0, 0.05) is 5.92 Å². The zero-order chi connectivity index (χ0) is 10.2. The Hall–Kier alpha value is -0.160.